The van der Waals surface area contributed by atoms with Crippen LogP contribution in [0.5, 0.6) is 0 Å². The quantitative estimate of drug-likeness (QED) is 0.349. The minimum absolute atomic E-state index is 0. The zero-order valence-corrected chi connectivity index (χ0v) is 10.8. The Morgan fingerprint density at radius 2 is 1.23 bits per heavy atom. The number of hydrogen-bond donors (Lipinski definition) is 0. The van der Waals surface area contributed by atoms with Gasteiger partial charge >= 0.3 is 91.0 Å². The maximum Gasteiger partial charge on any atom is -1.00 e. The summed E-state index contributed by atoms with van der Waals surface area (Å²) in [5, 5.41) is 3.11. The van der Waals surface area contributed by atoms with Gasteiger partial charge in [0.15, 0.2) is 0 Å². The van der Waals surface area contributed by atoms with E-state index in [0.29, 0.717) is 0 Å². The summed E-state index contributed by atoms with van der Waals surface area (Å²) in [6, 6.07) is 0. The van der Waals surface area contributed by atoms with Crippen molar-refractivity contribution in [1.29, 1.82) is 0 Å². The molecule has 1 heteroatoms. The fraction of sp³-hybridized carbons (Fsp3) is 1.00. The molecular weight excluding hydrogens is 171 g/mol. The van der Waals surface area contributed by atoms with E-state index in [2.05, 4.69) is 13.8 Å². The second-order valence-corrected chi connectivity index (χ2v) is 5.72. The van der Waals surface area contributed by atoms with Crippen LogP contribution in [0.1, 0.15) is 66.6 Å². The van der Waals surface area contributed by atoms with E-state index in [0.717, 1.165) is 15.2 Å². The van der Waals surface area contributed by atoms with Crippen molar-refractivity contribution in [2.45, 2.75) is 75.8 Å². The Morgan fingerprint density at radius 1 is 0.692 bits per heavy atom. The minimum atomic E-state index is 0. The summed E-state index contributed by atoms with van der Waals surface area (Å²) in [5.41, 5.74) is 0. The van der Waals surface area contributed by atoms with Gasteiger partial charge in [-0.2, -0.15) is 0 Å². The van der Waals surface area contributed by atoms with Crippen LogP contribution in [-0.2, 0) is 0 Å². The van der Waals surface area contributed by atoms with Gasteiger partial charge in [-0.05, 0) is 0 Å². The summed E-state index contributed by atoms with van der Waals surface area (Å²) >= 11 is 0.806. The summed E-state index contributed by atoms with van der Waals surface area (Å²) in [6.07, 6.45) is 11.7. The summed E-state index contributed by atoms with van der Waals surface area (Å²) in [4.78, 5) is 0. The Hall–Kier alpha value is 0.532. The molecule has 78 valence electrons. The van der Waals surface area contributed by atoms with Gasteiger partial charge in [0.1, 0.15) is 0 Å². The smallest absolute Gasteiger partial charge is 1.00 e. The second-order valence-electron chi connectivity index (χ2n) is 3.99. The Kier molecular flexibility index (Phi) is 13.0. The third-order valence-electron chi connectivity index (χ3n) is 2.52. The molecule has 0 atom stereocenters. The molecule has 0 radical (unpaired) electrons. The monoisotopic (exact) mass is 198 g/mol. The molecule has 0 saturated heterocycles. The van der Waals surface area contributed by atoms with Crippen LogP contribution in [0.15, 0.2) is 0 Å². The van der Waals surface area contributed by atoms with Gasteiger partial charge in [-0.3, -0.25) is 0 Å². The first kappa shape index (κ1) is 13.5. The summed E-state index contributed by atoms with van der Waals surface area (Å²) in [6.45, 7) is 4.58. The fourth-order valence-corrected chi connectivity index (χ4v) is 3.12. The van der Waals surface area contributed by atoms with E-state index >= 15 is 0 Å². The van der Waals surface area contributed by atoms with Crippen LogP contribution in [0.25, 0.3) is 0 Å². The molecule has 13 heavy (non-hydrogen) atoms. The third kappa shape index (κ3) is 12.5. The van der Waals surface area contributed by atoms with Crippen LogP contribution in [0.2, 0.25) is 10.6 Å². The summed E-state index contributed by atoms with van der Waals surface area (Å²) < 4.78 is 0. The van der Waals surface area contributed by atoms with E-state index in [1.807, 2.05) is 0 Å². The van der Waals surface area contributed by atoms with Crippen LogP contribution in [0, 0.1) is 0 Å². The largest absolute Gasteiger partial charge is 1.00 e. The van der Waals surface area contributed by atoms with Gasteiger partial charge in [0, 0.05) is 0 Å². The van der Waals surface area contributed by atoms with Crippen LogP contribution >= 0.6 is 0 Å². The Bertz CT molecular complexity index is 76.4. The molecule has 0 fully saturated rings. The van der Waals surface area contributed by atoms with Crippen LogP contribution in [0.3, 0.4) is 0 Å². The van der Waals surface area contributed by atoms with E-state index in [1.54, 1.807) is 10.6 Å². The summed E-state index contributed by atoms with van der Waals surface area (Å²) in [5.74, 6) is 0. The van der Waals surface area contributed by atoms with Crippen molar-refractivity contribution in [3.63, 3.8) is 0 Å². The van der Waals surface area contributed by atoms with Crippen molar-refractivity contribution < 1.29 is 1.43 Å². The molecule has 0 N–H and O–H groups in total. The molecule has 0 aromatic heterocycles. The predicted molar refractivity (Wildman–Crippen MR) is 64.8 cm³/mol. The molecule has 0 aromatic carbocycles. The van der Waals surface area contributed by atoms with Crippen LogP contribution < -0.4 is 0 Å². The van der Waals surface area contributed by atoms with Gasteiger partial charge in [0.2, 0.25) is 0 Å². The van der Waals surface area contributed by atoms with Crippen molar-refractivity contribution in [2.24, 2.45) is 0 Å². The van der Waals surface area contributed by atoms with Crippen molar-refractivity contribution in [3.05, 3.63) is 0 Å². The zero-order valence-electron chi connectivity index (χ0n) is 10.6. The second kappa shape index (κ2) is 12.5. The molecule has 0 bridgehead atoms. The average Bonchev–Trinajstić information content (AvgIpc) is 2.16. The number of unbranched alkanes of at least 4 members (excludes halogenated alkanes) is 6. The van der Waals surface area contributed by atoms with Gasteiger partial charge in [-0.15, -0.1) is 0 Å². The fourth-order valence-electron chi connectivity index (χ4n) is 1.56. The molecule has 0 aliphatic carbocycles. The number of rotatable bonds is 10. The molecule has 0 aliphatic rings. The van der Waals surface area contributed by atoms with Crippen molar-refractivity contribution in [3.8, 4) is 0 Å². The van der Waals surface area contributed by atoms with Crippen molar-refractivity contribution >= 4 is 15.2 Å². The molecular formula is C12H27Al. The van der Waals surface area contributed by atoms with Gasteiger partial charge < -0.3 is 1.43 Å². The zero-order chi connectivity index (χ0) is 9.78. The first-order chi connectivity index (χ1) is 6.41. The minimum Gasteiger partial charge on any atom is -1.00 e. The van der Waals surface area contributed by atoms with E-state index in [-0.39, 0.29) is 1.43 Å². The molecule has 0 nitrogen and oxygen atoms in total. The standard InChI is InChI=1S/C8H17.C4H9.Al.H/c1-3-5-7-8-6-4-2;1-3-4-2;;/h1,3-8H2,2H3;1,3-4H2,2H3;;/q;;+1;-1. The number of hydrogen-bond acceptors (Lipinski definition) is 0. The van der Waals surface area contributed by atoms with E-state index in [1.165, 1.54) is 51.4 Å². The average molecular weight is 198 g/mol. The molecule has 0 aromatic rings. The topological polar surface area (TPSA) is 0 Å². The molecule has 0 rings (SSSR count). The Labute approximate surface area is 92.7 Å². The van der Waals surface area contributed by atoms with Crippen LogP contribution in [-0.4, -0.2) is 15.2 Å². The summed E-state index contributed by atoms with van der Waals surface area (Å²) in [7, 11) is 0. The van der Waals surface area contributed by atoms with E-state index in [9.17, 15) is 0 Å². The molecule has 0 heterocycles. The Balaban J connectivity index is 0. The van der Waals surface area contributed by atoms with Crippen molar-refractivity contribution in [2.75, 3.05) is 0 Å². The molecule has 0 unspecified atom stereocenters. The van der Waals surface area contributed by atoms with Crippen LogP contribution in [0.4, 0.5) is 0 Å². The van der Waals surface area contributed by atoms with E-state index in [4.69, 9.17) is 0 Å². The predicted octanol–water partition coefficient (Wildman–Crippen LogP) is 4.80. The van der Waals surface area contributed by atoms with Crippen molar-refractivity contribution in [1.82, 2.24) is 0 Å². The Morgan fingerprint density at radius 3 is 1.92 bits per heavy atom. The van der Waals surface area contributed by atoms with E-state index < -0.39 is 0 Å². The molecule has 0 aliphatic heterocycles. The maximum absolute atomic E-state index is 2.30. The van der Waals surface area contributed by atoms with Gasteiger partial charge in [0.25, 0.3) is 0 Å². The third-order valence-corrected chi connectivity index (χ3v) is 4.16. The first-order valence-electron chi connectivity index (χ1n) is 6.23. The molecule has 0 spiro atoms. The normalized spacial score (nSPS) is 10.0. The maximum atomic E-state index is 2.30. The SMILES string of the molecule is CCCCCCC[CH2][Al+][CH2]CCC.[H-]. The van der Waals surface area contributed by atoms with Gasteiger partial charge in [0.05, 0.1) is 0 Å². The molecule has 0 amide bonds. The van der Waals surface area contributed by atoms with Gasteiger partial charge in [-0.25, -0.2) is 0 Å². The first-order valence-corrected chi connectivity index (χ1v) is 7.86. The van der Waals surface area contributed by atoms with Gasteiger partial charge in [-0.1, -0.05) is 0 Å². The molecule has 0 saturated carbocycles.